The van der Waals surface area contributed by atoms with Crippen LogP contribution in [0.4, 0.5) is 0 Å². The van der Waals surface area contributed by atoms with Crippen LogP contribution in [-0.2, 0) is 4.74 Å². The van der Waals surface area contributed by atoms with Crippen molar-refractivity contribution in [3.05, 3.63) is 42.0 Å². The Balaban J connectivity index is 1.68. The average Bonchev–Trinajstić information content (AvgIpc) is 3.15. The highest BCUT2D eigenvalue weighted by molar-refractivity contribution is 5.67. The van der Waals surface area contributed by atoms with E-state index in [0.29, 0.717) is 12.5 Å². The third kappa shape index (κ3) is 2.23. The molecule has 5 heteroatoms. The van der Waals surface area contributed by atoms with E-state index in [1.54, 1.807) is 0 Å². The Morgan fingerprint density at radius 3 is 3.14 bits per heavy atom. The lowest BCUT2D eigenvalue weighted by molar-refractivity contribution is 0.0773. The maximum Gasteiger partial charge on any atom is 0.259 e. The number of nitrogens with zero attached hydrogens (tertiary/aromatic N) is 3. The van der Waals surface area contributed by atoms with Gasteiger partial charge in [-0.05, 0) is 37.5 Å². The maximum atomic E-state index is 5.49. The molecule has 0 saturated carbocycles. The molecule has 1 fully saturated rings. The van der Waals surface area contributed by atoms with Crippen molar-refractivity contribution in [3.8, 4) is 11.5 Å². The van der Waals surface area contributed by atoms with Crippen LogP contribution >= 0.6 is 0 Å². The van der Waals surface area contributed by atoms with Crippen molar-refractivity contribution < 1.29 is 9.26 Å². The van der Waals surface area contributed by atoms with E-state index in [-0.39, 0.29) is 5.92 Å². The normalized spacial score (nSPS) is 19.2. The molecule has 0 bridgehead atoms. The number of aromatic nitrogens is 3. The van der Waals surface area contributed by atoms with Crippen LogP contribution in [0, 0.1) is 6.92 Å². The Morgan fingerprint density at radius 1 is 1.38 bits per heavy atom. The van der Waals surface area contributed by atoms with E-state index < -0.39 is 0 Å². The standard InChI is InChI=1S/C16H17N3O2/c1-11-4-2-6-19-9-13(8-14(11)19)16-17-15(18-21-16)12-5-3-7-20-10-12/h2,4,6,8-9,12H,3,5,7,10H2,1H3. The first kappa shape index (κ1) is 12.6. The summed E-state index contributed by atoms with van der Waals surface area (Å²) in [5.41, 5.74) is 3.34. The van der Waals surface area contributed by atoms with Crippen molar-refractivity contribution in [3.63, 3.8) is 0 Å². The van der Waals surface area contributed by atoms with E-state index in [2.05, 4.69) is 33.6 Å². The molecule has 5 nitrogen and oxygen atoms in total. The zero-order valence-electron chi connectivity index (χ0n) is 12.0. The molecule has 108 valence electrons. The summed E-state index contributed by atoms with van der Waals surface area (Å²) >= 11 is 0. The van der Waals surface area contributed by atoms with Crippen molar-refractivity contribution in [2.45, 2.75) is 25.7 Å². The summed E-state index contributed by atoms with van der Waals surface area (Å²) in [6.07, 6.45) is 6.18. The first-order chi connectivity index (χ1) is 10.3. The Labute approximate surface area is 122 Å². The van der Waals surface area contributed by atoms with Crippen LogP contribution in [0.1, 0.15) is 30.1 Å². The molecule has 4 rings (SSSR count). The summed E-state index contributed by atoms with van der Waals surface area (Å²) in [6.45, 7) is 3.62. The number of pyridine rings is 1. The predicted molar refractivity (Wildman–Crippen MR) is 78.2 cm³/mol. The lowest BCUT2D eigenvalue weighted by atomic mass is 10.0. The second-order valence-electron chi connectivity index (χ2n) is 5.58. The largest absolute Gasteiger partial charge is 0.381 e. The quantitative estimate of drug-likeness (QED) is 0.724. The molecule has 0 aromatic carbocycles. The van der Waals surface area contributed by atoms with Gasteiger partial charge in [-0.2, -0.15) is 4.98 Å². The van der Waals surface area contributed by atoms with Crippen LogP contribution in [0.15, 0.2) is 35.1 Å². The second kappa shape index (κ2) is 5.00. The molecular weight excluding hydrogens is 266 g/mol. The fourth-order valence-electron chi connectivity index (χ4n) is 2.86. The van der Waals surface area contributed by atoms with Crippen LogP contribution in [-0.4, -0.2) is 27.8 Å². The van der Waals surface area contributed by atoms with Gasteiger partial charge in [0.25, 0.3) is 5.89 Å². The van der Waals surface area contributed by atoms with E-state index in [4.69, 9.17) is 9.26 Å². The van der Waals surface area contributed by atoms with Crippen LogP contribution < -0.4 is 0 Å². The molecule has 1 aliphatic heterocycles. The molecule has 0 N–H and O–H groups in total. The van der Waals surface area contributed by atoms with Gasteiger partial charge in [-0.1, -0.05) is 11.2 Å². The Morgan fingerprint density at radius 2 is 2.33 bits per heavy atom. The van der Waals surface area contributed by atoms with Gasteiger partial charge in [-0.15, -0.1) is 0 Å². The van der Waals surface area contributed by atoms with Crippen LogP contribution in [0.3, 0.4) is 0 Å². The van der Waals surface area contributed by atoms with Gasteiger partial charge in [-0.3, -0.25) is 0 Å². The number of fused-ring (bicyclic) bond motifs is 1. The molecule has 21 heavy (non-hydrogen) atoms. The van der Waals surface area contributed by atoms with Crippen LogP contribution in [0.25, 0.3) is 17.0 Å². The lowest BCUT2D eigenvalue weighted by Gasteiger charge is -2.18. The lowest BCUT2D eigenvalue weighted by Crippen LogP contribution is -2.16. The minimum atomic E-state index is 0.259. The third-order valence-electron chi connectivity index (χ3n) is 4.06. The van der Waals surface area contributed by atoms with Gasteiger partial charge in [-0.25, -0.2) is 0 Å². The minimum Gasteiger partial charge on any atom is -0.381 e. The molecule has 1 atom stereocenters. The fraction of sp³-hybridized carbons (Fsp3) is 0.375. The van der Waals surface area contributed by atoms with Gasteiger partial charge in [0.05, 0.1) is 12.2 Å². The average molecular weight is 283 g/mol. The summed E-state index contributed by atoms with van der Waals surface area (Å²) in [7, 11) is 0. The van der Waals surface area contributed by atoms with Crippen molar-refractivity contribution in [1.82, 2.24) is 14.5 Å². The molecule has 0 aliphatic carbocycles. The first-order valence-electron chi connectivity index (χ1n) is 7.30. The molecule has 0 amide bonds. The predicted octanol–water partition coefficient (Wildman–Crippen LogP) is 3.19. The van der Waals surface area contributed by atoms with Crippen molar-refractivity contribution in [2.75, 3.05) is 13.2 Å². The number of aryl methyl sites for hydroxylation is 1. The maximum absolute atomic E-state index is 5.49. The smallest absolute Gasteiger partial charge is 0.259 e. The van der Waals surface area contributed by atoms with E-state index in [1.165, 1.54) is 5.56 Å². The summed E-state index contributed by atoms with van der Waals surface area (Å²) in [5, 5.41) is 4.13. The number of ether oxygens (including phenoxy) is 1. The van der Waals surface area contributed by atoms with E-state index in [9.17, 15) is 0 Å². The number of hydrogen-bond acceptors (Lipinski definition) is 4. The van der Waals surface area contributed by atoms with Crippen LogP contribution in [0.2, 0.25) is 0 Å². The highest BCUT2D eigenvalue weighted by atomic mass is 16.5. The molecule has 1 unspecified atom stereocenters. The molecule has 1 aliphatic rings. The molecule has 3 aromatic heterocycles. The fourth-order valence-corrected chi connectivity index (χ4v) is 2.86. The molecular formula is C16H17N3O2. The molecule has 0 radical (unpaired) electrons. The van der Waals surface area contributed by atoms with Gasteiger partial charge in [0.15, 0.2) is 5.82 Å². The van der Waals surface area contributed by atoms with E-state index in [1.807, 2.05) is 18.5 Å². The van der Waals surface area contributed by atoms with Crippen molar-refractivity contribution >= 4 is 5.52 Å². The monoisotopic (exact) mass is 283 g/mol. The highest BCUT2D eigenvalue weighted by Gasteiger charge is 2.22. The van der Waals surface area contributed by atoms with Gasteiger partial charge < -0.3 is 13.7 Å². The Bertz CT molecular complexity index is 769. The minimum absolute atomic E-state index is 0.259. The van der Waals surface area contributed by atoms with Crippen LogP contribution in [0.5, 0.6) is 0 Å². The van der Waals surface area contributed by atoms with Gasteiger partial charge >= 0.3 is 0 Å². The number of hydrogen-bond donors (Lipinski definition) is 0. The number of rotatable bonds is 2. The Kier molecular flexibility index (Phi) is 3.00. The highest BCUT2D eigenvalue weighted by Crippen LogP contribution is 2.27. The molecule has 4 heterocycles. The van der Waals surface area contributed by atoms with E-state index in [0.717, 1.165) is 36.4 Å². The summed E-state index contributed by atoms with van der Waals surface area (Å²) in [5.74, 6) is 1.60. The Hall–Kier alpha value is -2.14. The topological polar surface area (TPSA) is 52.6 Å². The van der Waals surface area contributed by atoms with Gasteiger partial charge in [0.2, 0.25) is 0 Å². The summed E-state index contributed by atoms with van der Waals surface area (Å²) < 4.78 is 13.0. The second-order valence-corrected chi connectivity index (χ2v) is 5.58. The summed E-state index contributed by atoms with van der Waals surface area (Å²) in [6, 6.07) is 6.21. The summed E-state index contributed by atoms with van der Waals surface area (Å²) in [4.78, 5) is 4.56. The van der Waals surface area contributed by atoms with Crippen molar-refractivity contribution in [2.24, 2.45) is 0 Å². The molecule has 1 saturated heterocycles. The zero-order chi connectivity index (χ0) is 14.2. The third-order valence-corrected chi connectivity index (χ3v) is 4.06. The SMILES string of the molecule is Cc1cccn2cc(-c3nc(C4CCCOC4)no3)cc12. The zero-order valence-corrected chi connectivity index (χ0v) is 12.0. The molecule has 0 spiro atoms. The van der Waals surface area contributed by atoms with Gasteiger partial charge in [0, 0.05) is 30.4 Å². The molecule has 3 aromatic rings. The first-order valence-corrected chi connectivity index (χ1v) is 7.30. The van der Waals surface area contributed by atoms with E-state index >= 15 is 0 Å². The van der Waals surface area contributed by atoms with Crippen molar-refractivity contribution in [1.29, 1.82) is 0 Å². The van der Waals surface area contributed by atoms with Gasteiger partial charge in [0.1, 0.15) is 0 Å².